The van der Waals surface area contributed by atoms with E-state index in [4.69, 9.17) is 10.5 Å². The lowest BCUT2D eigenvalue weighted by molar-refractivity contribution is 0.384. The molecule has 0 amide bonds. The summed E-state index contributed by atoms with van der Waals surface area (Å²) in [5.41, 5.74) is 2.78. The van der Waals surface area contributed by atoms with E-state index in [0.717, 1.165) is 16.6 Å². The van der Waals surface area contributed by atoms with Crippen LogP contribution in [-0.2, 0) is 6.54 Å². The van der Waals surface area contributed by atoms with E-state index >= 15 is 0 Å². The lowest BCUT2D eigenvalue weighted by Gasteiger charge is -2.14. The first-order valence-electron chi connectivity index (χ1n) is 6.84. The summed E-state index contributed by atoms with van der Waals surface area (Å²) in [6.45, 7) is 4.30. The molecule has 0 aliphatic rings. The van der Waals surface area contributed by atoms with Gasteiger partial charge in [0.1, 0.15) is 6.07 Å². The number of pyridine rings is 1. The van der Waals surface area contributed by atoms with Crippen LogP contribution in [0.25, 0.3) is 16.6 Å². The zero-order valence-electron chi connectivity index (χ0n) is 12.4. The van der Waals surface area contributed by atoms with Gasteiger partial charge in [-0.3, -0.25) is 4.68 Å². The molecule has 0 aliphatic carbocycles. The van der Waals surface area contributed by atoms with Crippen molar-refractivity contribution < 1.29 is 0 Å². The number of hydrogen-bond acceptors (Lipinski definition) is 4. The van der Waals surface area contributed by atoms with E-state index in [1.165, 1.54) is 0 Å². The highest BCUT2D eigenvalue weighted by molar-refractivity contribution is 5.67. The van der Waals surface area contributed by atoms with Gasteiger partial charge in [-0.1, -0.05) is 6.07 Å². The Kier molecular flexibility index (Phi) is 3.15. The highest BCUT2D eigenvalue weighted by atomic mass is 15.3. The van der Waals surface area contributed by atoms with Crippen LogP contribution in [-0.4, -0.2) is 19.4 Å². The second kappa shape index (κ2) is 5.01. The van der Waals surface area contributed by atoms with Gasteiger partial charge >= 0.3 is 0 Å². The lowest BCUT2D eigenvalue weighted by Crippen LogP contribution is -2.17. The molecule has 3 aromatic rings. The minimum absolute atomic E-state index is 0.461. The zero-order chi connectivity index (χ0) is 15.7. The van der Waals surface area contributed by atoms with Crippen molar-refractivity contribution in [3.05, 3.63) is 42.5 Å². The molecule has 0 aliphatic heterocycles. The highest BCUT2D eigenvalue weighted by Gasteiger charge is 2.18. The minimum atomic E-state index is -0.461. The third kappa shape index (κ3) is 2.43. The quantitative estimate of drug-likeness (QED) is 0.742. The summed E-state index contributed by atoms with van der Waals surface area (Å²) < 4.78 is 3.46. The molecule has 6 heteroatoms. The molecule has 3 rings (SSSR count). The van der Waals surface area contributed by atoms with Crippen molar-refractivity contribution in [3.8, 4) is 23.3 Å². The van der Waals surface area contributed by atoms with Crippen LogP contribution >= 0.6 is 0 Å². The summed E-state index contributed by atoms with van der Waals surface area (Å²) in [5, 5.41) is 26.6. The van der Waals surface area contributed by atoms with E-state index < -0.39 is 5.41 Å². The van der Waals surface area contributed by atoms with Crippen molar-refractivity contribution in [1.82, 2.24) is 19.4 Å². The maximum atomic E-state index is 9.09. The van der Waals surface area contributed by atoms with Gasteiger partial charge in [0.15, 0.2) is 0 Å². The fourth-order valence-electron chi connectivity index (χ4n) is 2.28. The first-order valence-corrected chi connectivity index (χ1v) is 6.84. The third-order valence-corrected chi connectivity index (χ3v) is 3.46. The van der Waals surface area contributed by atoms with E-state index in [2.05, 4.69) is 22.3 Å². The lowest BCUT2D eigenvalue weighted by atomic mass is 9.96. The number of fused-ring (bicyclic) bond motifs is 1. The standard InChI is InChI=1S/C16H14N6/c1-16(2,10-18)11-21-8-14(7-19-21)12-3-4-15-13(5-17)6-20-22(15)9-12/h3-4,6-9H,11H2,1-2H3. The van der Waals surface area contributed by atoms with Crippen LogP contribution in [0.3, 0.4) is 0 Å². The first kappa shape index (κ1) is 13.8. The van der Waals surface area contributed by atoms with Crippen molar-refractivity contribution in [2.75, 3.05) is 0 Å². The van der Waals surface area contributed by atoms with Crippen LogP contribution in [0.4, 0.5) is 0 Å². The van der Waals surface area contributed by atoms with Crippen molar-refractivity contribution in [2.24, 2.45) is 5.41 Å². The maximum absolute atomic E-state index is 9.09. The third-order valence-electron chi connectivity index (χ3n) is 3.46. The Morgan fingerprint density at radius 1 is 1.09 bits per heavy atom. The summed E-state index contributed by atoms with van der Waals surface area (Å²) >= 11 is 0. The van der Waals surface area contributed by atoms with Gasteiger partial charge in [-0.15, -0.1) is 0 Å². The second-order valence-electron chi connectivity index (χ2n) is 5.84. The van der Waals surface area contributed by atoms with Crippen molar-refractivity contribution in [1.29, 1.82) is 10.5 Å². The summed E-state index contributed by atoms with van der Waals surface area (Å²) in [4.78, 5) is 0. The largest absolute Gasteiger partial charge is 0.271 e. The number of nitriles is 2. The molecule has 0 N–H and O–H groups in total. The summed E-state index contributed by atoms with van der Waals surface area (Å²) in [6.07, 6.45) is 7.10. The predicted molar refractivity (Wildman–Crippen MR) is 80.5 cm³/mol. The molecule has 0 saturated heterocycles. The molecule has 0 saturated carbocycles. The average molecular weight is 290 g/mol. The van der Waals surface area contributed by atoms with E-state index in [1.807, 2.05) is 38.4 Å². The monoisotopic (exact) mass is 290 g/mol. The van der Waals surface area contributed by atoms with Crippen LogP contribution in [0.15, 0.2) is 36.9 Å². The summed E-state index contributed by atoms with van der Waals surface area (Å²) in [7, 11) is 0. The molecule has 3 aromatic heterocycles. The van der Waals surface area contributed by atoms with Gasteiger partial charge in [-0.25, -0.2) is 4.52 Å². The molecular weight excluding hydrogens is 276 g/mol. The number of nitrogens with zero attached hydrogens (tertiary/aromatic N) is 6. The minimum Gasteiger partial charge on any atom is -0.271 e. The van der Waals surface area contributed by atoms with E-state index in [9.17, 15) is 0 Å². The van der Waals surface area contributed by atoms with Crippen LogP contribution in [0, 0.1) is 28.1 Å². The first-order chi connectivity index (χ1) is 10.5. The smallest absolute Gasteiger partial charge is 0.103 e. The van der Waals surface area contributed by atoms with Gasteiger partial charge in [0.05, 0.1) is 41.5 Å². The number of aromatic nitrogens is 4. The summed E-state index contributed by atoms with van der Waals surface area (Å²) in [5.74, 6) is 0. The van der Waals surface area contributed by atoms with E-state index in [-0.39, 0.29) is 0 Å². The highest BCUT2D eigenvalue weighted by Crippen LogP contribution is 2.22. The van der Waals surface area contributed by atoms with Gasteiger partial charge in [0.2, 0.25) is 0 Å². The molecule has 3 heterocycles. The maximum Gasteiger partial charge on any atom is 0.103 e. The Morgan fingerprint density at radius 3 is 2.64 bits per heavy atom. The van der Waals surface area contributed by atoms with Crippen LogP contribution in [0.5, 0.6) is 0 Å². The van der Waals surface area contributed by atoms with E-state index in [1.54, 1.807) is 21.6 Å². The van der Waals surface area contributed by atoms with Crippen LogP contribution in [0.2, 0.25) is 0 Å². The molecule has 0 atom stereocenters. The molecule has 0 fully saturated rings. The fourth-order valence-corrected chi connectivity index (χ4v) is 2.28. The van der Waals surface area contributed by atoms with E-state index in [0.29, 0.717) is 12.1 Å². The van der Waals surface area contributed by atoms with Gasteiger partial charge in [0.25, 0.3) is 0 Å². The average Bonchev–Trinajstić information content (AvgIpc) is 3.12. The number of hydrogen-bond donors (Lipinski definition) is 0. The zero-order valence-corrected chi connectivity index (χ0v) is 12.4. The Hall–Kier alpha value is -3.12. The Labute approximate surface area is 127 Å². The molecule has 0 aromatic carbocycles. The molecule has 0 radical (unpaired) electrons. The molecule has 0 spiro atoms. The van der Waals surface area contributed by atoms with Crippen LogP contribution < -0.4 is 0 Å². The Morgan fingerprint density at radius 2 is 1.91 bits per heavy atom. The Balaban J connectivity index is 1.94. The van der Waals surface area contributed by atoms with Crippen molar-refractivity contribution in [2.45, 2.75) is 20.4 Å². The second-order valence-corrected chi connectivity index (χ2v) is 5.84. The SMILES string of the molecule is CC(C)(C#N)Cn1cc(-c2ccc3c(C#N)cnn3c2)cn1. The van der Waals surface area contributed by atoms with Crippen molar-refractivity contribution >= 4 is 5.52 Å². The molecule has 0 bridgehead atoms. The fraction of sp³-hybridized carbons (Fsp3) is 0.250. The van der Waals surface area contributed by atoms with Crippen LogP contribution in [0.1, 0.15) is 19.4 Å². The molecule has 108 valence electrons. The normalized spacial score (nSPS) is 11.3. The van der Waals surface area contributed by atoms with Gasteiger partial charge in [-0.05, 0) is 19.9 Å². The van der Waals surface area contributed by atoms with Crippen molar-refractivity contribution in [3.63, 3.8) is 0 Å². The Bertz CT molecular complexity index is 916. The summed E-state index contributed by atoms with van der Waals surface area (Å²) in [6, 6.07) is 8.19. The molecule has 0 unspecified atom stereocenters. The van der Waals surface area contributed by atoms with Gasteiger partial charge in [-0.2, -0.15) is 20.7 Å². The topological polar surface area (TPSA) is 82.7 Å². The van der Waals surface area contributed by atoms with Gasteiger partial charge in [0, 0.05) is 23.5 Å². The number of rotatable bonds is 3. The molecule has 6 nitrogen and oxygen atoms in total. The molecular formula is C16H14N6. The molecule has 22 heavy (non-hydrogen) atoms. The predicted octanol–water partition coefficient (Wildman–Crippen LogP) is 2.62. The van der Waals surface area contributed by atoms with Gasteiger partial charge < -0.3 is 0 Å².